The maximum atomic E-state index is 7.65. The van der Waals surface area contributed by atoms with Gasteiger partial charge in [-0.25, -0.2) is 0 Å². The highest BCUT2D eigenvalue weighted by Gasteiger charge is 2.09. The van der Waals surface area contributed by atoms with Gasteiger partial charge in [-0.1, -0.05) is 45.4 Å². The predicted octanol–water partition coefficient (Wildman–Crippen LogP) is 4.50. The van der Waals surface area contributed by atoms with Gasteiger partial charge in [-0.15, -0.1) is 0 Å². The number of nitrogen functional groups attached to an aromatic ring is 1. The lowest BCUT2D eigenvalue weighted by Gasteiger charge is -2.11. The summed E-state index contributed by atoms with van der Waals surface area (Å²) in [5, 5.41) is 7.65. The van der Waals surface area contributed by atoms with Crippen molar-refractivity contribution >= 4 is 33.5 Å². The minimum Gasteiger partial charge on any atom is -0.384 e. The summed E-state index contributed by atoms with van der Waals surface area (Å²) < 4.78 is 0.991. The highest BCUT2D eigenvalue weighted by Crippen LogP contribution is 2.34. The van der Waals surface area contributed by atoms with Gasteiger partial charge in [0.2, 0.25) is 0 Å². The monoisotopic (exact) mass is 334 g/mol. The van der Waals surface area contributed by atoms with Gasteiger partial charge in [0, 0.05) is 19.8 Å². The Labute approximate surface area is 126 Å². The van der Waals surface area contributed by atoms with Crippen LogP contribution in [0.1, 0.15) is 16.7 Å². The first kappa shape index (κ1) is 14.2. The lowest BCUT2D eigenvalue weighted by molar-refractivity contribution is 1.25. The van der Waals surface area contributed by atoms with Crippen molar-refractivity contribution < 1.29 is 0 Å². The van der Waals surface area contributed by atoms with Gasteiger partial charge in [0.15, 0.2) is 0 Å². The standard InChI is InChI=1S/C15H15BrN2S/c1-9-3-6-13(10(2)7-9)19-14-8-11(16)4-5-12(14)15(17)18/h3-8H,1-2H3,(H3,17,18). The molecule has 0 amide bonds. The van der Waals surface area contributed by atoms with E-state index >= 15 is 0 Å². The fourth-order valence-electron chi connectivity index (χ4n) is 1.84. The fraction of sp³-hybridized carbons (Fsp3) is 0.133. The molecular weight excluding hydrogens is 320 g/mol. The molecule has 0 heterocycles. The molecule has 2 aromatic rings. The number of benzene rings is 2. The largest absolute Gasteiger partial charge is 0.384 e. The molecule has 2 rings (SSSR count). The van der Waals surface area contributed by atoms with Crippen LogP contribution in [0.3, 0.4) is 0 Å². The summed E-state index contributed by atoms with van der Waals surface area (Å²) in [6.45, 7) is 4.18. The number of aryl methyl sites for hydroxylation is 2. The van der Waals surface area contributed by atoms with Crippen LogP contribution in [0.25, 0.3) is 0 Å². The Bertz CT molecular complexity index is 638. The van der Waals surface area contributed by atoms with E-state index in [9.17, 15) is 0 Å². The van der Waals surface area contributed by atoms with Crippen molar-refractivity contribution in [1.82, 2.24) is 0 Å². The van der Waals surface area contributed by atoms with E-state index in [2.05, 4.69) is 48.0 Å². The highest BCUT2D eigenvalue weighted by molar-refractivity contribution is 9.10. The highest BCUT2D eigenvalue weighted by atomic mass is 79.9. The first-order valence-electron chi connectivity index (χ1n) is 5.86. The average Bonchev–Trinajstić information content (AvgIpc) is 2.32. The zero-order valence-corrected chi connectivity index (χ0v) is 13.2. The maximum absolute atomic E-state index is 7.65. The Morgan fingerprint density at radius 2 is 1.84 bits per heavy atom. The number of hydrogen-bond acceptors (Lipinski definition) is 2. The molecule has 0 bridgehead atoms. The Hall–Kier alpha value is -1.26. The first-order chi connectivity index (χ1) is 8.97. The molecule has 0 saturated heterocycles. The molecule has 0 unspecified atom stereocenters. The predicted molar refractivity (Wildman–Crippen MR) is 85.2 cm³/mol. The lowest BCUT2D eigenvalue weighted by atomic mass is 10.2. The van der Waals surface area contributed by atoms with Crippen LogP contribution in [0.5, 0.6) is 0 Å². The number of nitrogens with two attached hydrogens (primary N) is 1. The normalized spacial score (nSPS) is 10.5. The quantitative estimate of drug-likeness (QED) is 0.641. The summed E-state index contributed by atoms with van der Waals surface area (Å²) in [4.78, 5) is 2.18. The molecule has 3 N–H and O–H groups in total. The van der Waals surface area contributed by atoms with Crippen molar-refractivity contribution in [3.63, 3.8) is 0 Å². The topological polar surface area (TPSA) is 49.9 Å². The van der Waals surface area contributed by atoms with Gasteiger partial charge in [0.1, 0.15) is 5.84 Å². The van der Waals surface area contributed by atoms with Crippen molar-refractivity contribution in [2.24, 2.45) is 5.73 Å². The van der Waals surface area contributed by atoms with E-state index < -0.39 is 0 Å². The molecule has 98 valence electrons. The molecule has 0 aliphatic heterocycles. The molecule has 0 radical (unpaired) electrons. The Balaban J connectivity index is 2.42. The third kappa shape index (κ3) is 3.39. The third-order valence-electron chi connectivity index (χ3n) is 2.78. The number of rotatable bonds is 3. The molecule has 2 nitrogen and oxygen atoms in total. The van der Waals surface area contributed by atoms with Crippen LogP contribution in [0.15, 0.2) is 50.7 Å². The van der Waals surface area contributed by atoms with E-state index in [-0.39, 0.29) is 5.84 Å². The fourth-order valence-corrected chi connectivity index (χ4v) is 3.41. The molecule has 0 fully saturated rings. The Morgan fingerprint density at radius 3 is 2.47 bits per heavy atom. The van der Waals surface area contributed by atoms with E-state index in [0.29, 0.717) is 0 Å². The van der Waals surface area contributed by atoms with E-state index in [1.165, 1.54) is 16.0 Å². The molecule has 0 saturated carbocycles. The van der Waals surface area contributed by atoms with Gasteiger partial charge >= 0.3 is 0 Å². The zero-order valence-electron chi connectivity index (χ0n) is 10.8. The number of nitrogens with one attached hydrogen (secondary N) is 1. The second kappa shape index (κ2) is 5.80. The summed E-state index contributed by atoms with van der Waals surface area (Å²) >= 11 is 5.11. The molecule has 0 aliphatic rings. The first-order valence-corrected chi connectivity index (χ1v) is 7.47. The van der Waals surface area contributed by atoms with Crippen LogP contribution in [0, 0.1) is 19.3 Å². The van der Waals surface area contributed by atoms with Gasteiger partial charge in [-0.2, -0.15) is 0 Å². The van der Waals surface area contributed by atoms with Crippen LogP contribution < -0.4 is 5.73 Å². The molecule has 19 heavy (non-hydrogen) atoms. The molecule has 2 aromatic carbocycles. The smallest absolute Gasteiger partial charge is 0.123 e. The summed E-state index contributed by atoms with van der Waals surface area (Å²) in [6.07, 6.45) is 0. The number of hydrogen-bond donors (Lipinski definition) is 2. The minimum atomic E-state index is 0.0970. The molecule has 0 atom stereocenters. The van der Waals surface area contributed by atoms with E-state index in [4.69, 9.17) is 11.1 Å². The van der Waals surface area contributed by atoms with Crippen molar-refractivity contribution in [2.75, 3.05) is 0 Å². The Morgan fingerprint density at radius 1 is 1.11 bits per heavy atom. The average molecular weight is 335 g/mol. The number of halogens is 1. The zero-order chi connectivity index (χ0) is 14.0. The molecule has 0 spiro atoms. The van der Waals surface area contributed by atoms with Crippen molar-refractivity contribution in [3.8, 4) is 0 Å². The molecule has 0 aromatic heterocycles. The number of amidine groups is 1. The summed E-state index contributed by atoms with van der Waals surface area (Å²) in [5.74, 6) is 0.0970. The van der Waals surface area contributed by atoms with Crippen molar-refractivity contribution in [1.29, 1.82) is 5.41 Å². The van der Waals surface area contributed by atoms with Gasteiger partial charge in [-0.05, 0) is 43.7 Å². The van der Waals surface area contributed by atoms with E-state index in [1.54, 1.807) is 11.8 Å². The van der Waals surface area contributed by atoms with E-state index in [1.807, 2.05) is 18.2 Å². The van der Waals surface area contributed by atoms with Crippen molar-refractivity contribution in [3.05, 3.63) is 57.6 Å². The Kier molecular flexibility index (Phi) is 4.32. The van der Waals surface area contributed by atoms with Gasteiger partial charge in [0.25, 0.3) is 0 Å². The van der Waals surface area contributed by atoms with Gasteiger partial charge in [-0.3, -0.25) is 5.41 Å². The lowest BCUT2D eigenvalue weighted by Crippen LogP contribution is -2.12. The van der Waals surface area contributed by atoms with Crippen LogP contribution >= 0.6 is 27.7 Å². The SMILES string of the molecule is Cc1ccc(Sc2cc(Br)ccc2C(=N)N)c(C)c1. The van der Waals surface area contributed by atoms with Crippen molar-refractivity contribution in [2.45, 2.75) is 23.6 Å². The third-order valence-corrected chi connectivity index (χ3v) is 4.51. The van der Waals surface area contributed by atoms with Crippen LogP contribution in [0.2, 0.25) is 0 Å². The summed E-state index contributed by atoms with van der Waals surface area (Å²) in [7, 11) is 0. The second-order valence-electron chi connectivity index (χ2n) is 4.43. The van der Waals surface area contributed by atoms with Crippen LogP contribution in [0.4, 0.5) is 0 Å². The van der Waals surface area contributed by atoms with Gasteiger partial charge < -0.3 is 5.73 Å². The van der Waals surface area contributed by atoms with E-state index in [0.717, 1.165) is 14.9 Å². The minimum absolute atomic E-state index is 0.0970. The van der Waals surface area contributed by atoms with Crippen LogP contribution in [-0.2, 0) is 0 Å². The van der Waals surface area contributed by atoms with Crippen LogP contribution in [-0.4, -0.2) is 5.84 Å². The summed E-state index contributed by atoms with van der Waals surface area (Å²) in [5.41, 5.74) is 8.89. The summed E-state index contributed by atoms with van der Waals surface area (Å²) in [6, 6.07) is 12.1. The molecule has 0 aliphatic carbocycles. The second-order valence-corrected chi connectivity index (χ2v) is 6.42. The molecule has 4 heteroatoms. The molecular formula is C15H15BrN2S. The maximum Gasteiger partial charge on any atom is 0.123 e. The van der Waals surface area contributed by atoms with Gasteiger partial charge in [0.05, 0.1) is 0 Å².